The molecule has 160 valence electrons. The number of rotatable bonds is 5. The van der Waals surface area contributed by atoms with Gasteiger partial charge >= 0.3 is 0 Å². The van der Waals surface area contributed by atoms with Gasteiger partial charge in [-0.05, 0) is 97.7 Å². The molecule has 0 aromatic heterocycles. The Hall–Kier alpha value is -0.300. The van der Waals surface area contributed by atoms with E-state index in [-0.39, 0.29) is 6.10 Å². The molecule has 0 aromatic rings. The number of hydrogen-bond acceptors (Lipinski definition) is 1. The van der Waals surface area contributed by atoms with Gasteiger partial charge in [0.05, 0.1) is 6.10 Å². The lowest BCUT2D eigenvalue weighted by atomic mass is 9.47. The average Bonchev–Trinajstić information content (AvgIpc) is 3.04. The largest absolute Gasteiger partial charge is 0.393 e. The van der Waals surface area contributed by atoms with Crippen LogP contribution in [0.5, 0.6) is 0 Å². The summed E-state index contributed by atoms with van der Waals surface area (Å²) in [6.45, 7) is 6.85. The second-order valence-corrected chi connectivity index (χ2v) is 11.5. The fourth-order valence-electron chi connectivity index (χ4n) is 8.51. The van der Waals surface area contributed by atoms with Gasteiger partial charge in [0, 0.05) is 5.48 Å². The van der Waals surface area contributed by atoms with Gasteiger partial charge in [-0.1, -0.05) is 65.5 Å². The Morgan fingerprint density at radius 1 is 1.14 bits per heavy atom. The molecule has 4 aliphatic rings. The van der Waals surface area contributed by atoms with Crippen LogP contribution in [0.3, 0.4) is 0 Å². The summed E-state index contributed by atoms with van der Waals surface area (Å²) in [5.41, 5.74) is 2.27. The molecule has 4 aliphatic carbocycles. The Bertz CT molecular complexity index is 728. The van der Waals surface area contributed by atoms with Gasteiger partial charge in [-0.25, -0.2) is 0 Å². The molecule has 0 radical (unpaired) electrons. The first-order chi connectivity index (χ1) is 14.8. The molecule has 3 saturated carbocycles. The Balaban J connectivity index is 1.43. The van der Waals surface area contributed by atoms with Crippen LogP contribution in [0.2, 0.25) is 0 Å². The molecule has 1 nitrogen and oxygen atoms in total. The van der Waals surface area contributed by atoms with Crippen LogP contribution in [0.4, 0.5) is 0 Å². The zero-order chi connectivity index (χ0) is 23.5. The SMILES string of the molecule is [2H]C([2H])([2H])C([2H])(C)CCC[C@@H](C)[C@H]1CC[C@H]2[C@@H]3CC=C4CC(O)CC[C@]4(C)[C@H]3CC[C@]12C. The minimum Gasteiger partial charge on any atom is -0.393 e. The van der Waals surface area contributed by atoms with Crippen molar-refractivity contribution in [2.75, 3.05) is 0 Å². The van der Waals surface area contributed by atoms with Gasteiger partial charge in [0.25, 0.3) is 0 Å². The zero-order valence-corrected chi connectivity index (χ0v) is 18.8. The zero-order valence-electron chi connectivity index (χ0n) is 22.8. The highest BCUT2D eigenvalue weighted by molar-refractivity contribution is 5.25. The van der Waals surface area contributed by atoms with E-state index < -0.39 is 12.7 Å². The number of aliphatic hydroxyl groups is 1. The van der Waals surface area contributed by atoms with Crippen molar-refractivity contribution >= 4 is 0 Å². The summed E-state index contributed by atoms with van der Waals surface area (Å²) in [7, 11) is 0. The van der Waals surface area contributed by atoms with Crippen LogP contribution in [0.1, 0.15) is 111 Å². The van der Waals surface area contributed by atoms with Gasteiger partial charge < -0.3 is 5.11 Å². The van der Waals surface area contributed by atoms with Crippen molar-refractivity contribution in [3.8, 4) is 0 Å². The third-order valence-corrected chi connectivity index (χ3v) is 10.0. The van der Waals surface area contributed by atoms with Crippen molar-refractivity contribution in [2.45, 2.75) is 111 Å². The van der Waals surface area contributed by atoms with Crippen molar-refractivity contribution in [1.82, 2.24) is 0 Å². The molecule has 28 heavy (non-hydrogen) atoms. The van der Waals surface area contributed by atoms with Crippen LogP contribution in [-0.2, 0) is 0 Å². The van der Waals surface area contributed by atoms with Gasteiger partial charge in [0.2, 0.25) is 0 Å². The third kappa shape index (κ3) is 3.42. The molecule has 1 N–H and O–H groups in total. The monoisotopic (exact) mass is 390 g/mol. The highest BCUT2D eigenvalue weighted by Crippen LogP contribution is 2.67. The minimum absolute atomic E-state index is 0.132. The van der Waals surface area contributed by atoms with Gasteiger partial charge in [0.15, 0.2) is 0 Å². The molecule has 4 rings (SSSR count). The quantitative estimate of drug-likeness (QED) is 0.485. The fourth-order valence-corrected chi connectivity index (χ4v) is 8.51. The van der Waals surface area contributed by atoms with E-state index in [0.717, 1.165) is 55.8 Å². The average molecular weight is 391 g/mol. The Kier molecular flexibility index (Phi) is 4.54. The maximum absolute atomic E-state index is 10.2. The lowest BCUT2D eigenvalue weighted by Crippen LogP contribution is -2.50. The first kappa shape index (κ1) is 16.4. The van der Waals surface area contributed by atoms with Crippen molar-refractivity contribution in [1.29, 1.82) is 0 Å². The van der Waals surface area contributed by atoms with E-state index in [2.05, 4.69) is 26.8 Å². The summed E-state index contributed by atoms with van der Waals surface area (Å²) in [6.07, 6.45) is 14.3. The summed E-state index contributed by atoms with van der Waals surface area (Å²) in [4.78, 5) is 0. The first-order valence-electron chi connectivity index (χ1n) is 14.2. The second-order valence-electron chi connectivity index (χ2n) is 11.5. The number of fused-ring (bicyclic) bond motifs is 5. The van der Waals surface area contributed by atoms with Crippen molar-refractivity contribution in [2.24, 2.45) is 46.3 Å². The summed E-state index contributed by atoms with van der Waals surface area (Å²) >= 11 is 0. The molecule has 0 aliphatic heterocycles. The topological polar surface area (TPSA) is 20.2 Å². The molecular weight excluding hydrogens is 340 g/mol. The van der Waals surface area contributed by atoms with Gasteiger partial charge in [0.1, 0.15) is 0 Å². The van der Waals surface area contributed by atoms with Gasteiger partial charge in [-0.3, -0.25) is 0 Å². The van der Waals surface area contributed by atoms with E-state index in [1.165, 1.54) is 32.1 Å². The van der Waals surface area contributed by atoms with E-state index in [0.29, 0.717) is 23.2 Å². The number of aliphatic hydroxyl groups excluding tert-OH is 1. The lowest BCUT2D eigenvalue weighted by molar-refractivity contribution is -0.0573. The van der Waals surface area contributed by atoms with Gasteiger partial charge in [-0.15, -0.1) is 0 Å². The Morgan fingerprint density at radius 2 is 1.96 bits per heavy atom. The maximum atomic E-state index is 10.2. The molecule has 0 spiro atoms. The number of allylic oxidation sites excluding steroid dienone is 1. The van der Waals surface area contributed by atoms with Gasteiger partial charge in [-0.2, -0.15) is 0 Å². The van der Waals surface area contributed by atoms with Crippen LogP contribution in [0, 0.1) is 46.3 Å². The van der Waals surface area contributed by atoms with E-state index >= 15 is 0 Å². The molecular formula is C27H46O. The minimum atomic E-state index is -2.20. The second kappa shape index (κ2) is 7.75. The van der Waals surface area contributed by atoms with Crippen LogP contribution >= 0.6 is 0 Å². The molecule has 0 amide bonds. The smallest absolute Gasteiger partial charge is 0.0577 e. The number of hydrogen-bond donors (Lipinski definition) is 1. The summed E-state index contributed by atoms with van der Waals surface area (Å²) in [5.74, 6) is 2.38. The molecule has 0 saturated heterocycles. The van der Waals surface area contributed by atoms with E-state index in [1.807, 2.05) is 0 Å². The Morgan fingerprint density at radius 3 is 2.75 bits per heavy atom. The summed E-state index contributed by atoms with van der Waals surface area (Å²) in [5, 5.41) is 10.2. The van der Waals surface area contributed by atoms with Crippen LogP contribution in [0.25, 0.3) is 0 Å². The fraction of sp³-hybridized carbons (Fsp3) is 0.926. The standard InChI is InChI=1S/C27H46O/c1-18(2)7-6-8-19(3)23-11-12-24-22-10-9-20-17-21(28)13-15-26(20,4)25(22)14-16-27(23,24)5/h9,18-19,21-25,28H,6-8,10-17H2,1-5H3/t19-,21?,22+,23-,24+,25+,26+,27-/m1/s1/i1D3,18D/t18?,19-,21?,22+,23-,24+,25+,26+,27-. The Labute approximate surface area is 180 Å². The highest BCUT2D eigenvalue weighted by Gasteiger charge is 2.59. The normalized spacial score (nSPS) is 51.2. The predicted molar refractivity (Wildman–Crippen MR) is 119 cm³/mol. The van der Waals surface area contributed by atoms with E-state index in [4.69, 9.17) is 5.48 Å². The molecule has 9 atom stereocenters. The maximum Gasteiger partial charge on any atom is 0.0577 e. The van der Waals surface area contributed by atoms with Crippen LogP contribution < -0.4 is 0 Å². The van der Waals surface area contributed by atoms with Crippen molar-refractivity contribution < 1.29 is 10.6 Å². The molecule has 0 bridgehead atoms. The molecule has 0 heterocycles. The third-order valence-electron chi connectivity index (χ3n) is 10.0. The van der Waals surface area contributed by atoms with Crippen molar-refractivity contribution in [3.05, 3.63) is 11.6 Å². The van der Waals surface area contributed by atoms with E-state index in [1.54, 1.807) is 12.5 Å². The summed E-state index contributed by atoms with van der Waals surface area (Å²) in [6, 6.07) is 0. The molecule has 2 unspecified atom stereocenters. The van der Waals surface area contributed by atoms with Crippen LogP contribution in [0.15, 0.2) is 11.6 Å². The van der Waals surface area contributed by atoms with Crippen molar-refractivity contribution in [3.63, 3.8) is 0 Å². The van der Waals surface area contributed by atoms with E-state index in [9.17, 15) is 5.11 Å². The molecule has 1 heteroatoms. The predicted octanol–water partition coefficient (Wildman–Crippen LogP) is 7.39. The highest BCUT2D eigenvalue weighted by atomic mass is 16.3. The van der Waals surface area contributed by atoms with Crippen LogP contribution in [-0.4, -0.2) is 11.2 Å². The molecule has 3 fully saturated rings. The summed E-state index contributed by atoms with van der Waals surface area (Å²) < 4.78 is 31.2. The molecule has 0 aromatic carbocycles. The first-order valence-corrected chi connectivity index (χ1v) is 12.2. The lowest BCUT2D eigenvalue weighted by Gasteiger charge is -2.58.